The number of carboxylic acid groups (broad SMARTS) is 1. The maximum atomic E-state index is 11.1. The average Bonchev–Trinajstić information content (AvgIpc) is 3.22. The van der Waals surface area contributed by atoms with Crippen LogP contribution in [0.5, 0.6) is 0 Å². The molecule has 2 aliphatic rings. The summed E-state index contributed by atoms with van der Waals surface area (Å²) in [6.45, 7) is 1.35. The molecule has 128 valence electrons. The van der Waals surface area contributed by atoms with Gasteiger partial charge in [-0.15, -0.1) is 0 Å². The normalized spacial score (nSPS) is 20.7. The number of rotatable bonds is 2. The lowest BCUT2D eigenvalue weighted by Gasteiger charge is -2.35. The second-order valence-electron chi connectivity index (χ2n) is 6.42. The zero-order valence-electron chi connectivity index (χ0n) is 13.5. The maximum absolute atomic E-state index is 11.1. The van der Waals surface area contributed by atoms with Crippen LogP contribution in [0.2, 0.25) is 0 Å². The van der Waals surface area contributed by atoms with Gasteiger partial charge in [-0.25, -0.2) is 9.78 Å². The molecular formula is C16H20N4O4. The molecule has 2 fully saturated rings. The third kappa shape index (κ3) is 2.51. The Morgan fingerprint density at radius 3 is 2.75 bits per heavy atom. The van der Waals surface area contributed by atoms with Crippen LogP contribution >= 0.6 is 0 Å². The van der Waals surface area contributed by atoms with E-state index >= 15 is 0 Å². The number of anilines is 1. The Balaban J connectivity index is 1.60. The highest BCUT2D eigenvalue weighted by Crippen LogP contribution is 2.43. The molecule has 2 N–H and O–H groups in total. The van der Waals surface area contributed by atoms with Crippen molar-refractivity contribution < 1.29 is 19.4 Å². The fourth-order valence-electron chi connectivity index (χ4n) is 3.65. The molecule has 1 aliphatic heterocycles. The summed E-state index contributed by atoms with van der Waals surface area (Å²) in [4.78, 5) is 16.4. The molecule has 2 aromatic heterocycles. The van der Waals surface area contributed by atoms with Gasteiger partial charge in [-0.1, -0.05) is 0 Å². The number of fused-ring (bicyclic) bond motifs is 1. The highest BCUT2D eigenvalue weighted by Gasteiger charge is 2.41. The third-order valence-electron chi connectivity index (χ3n) is 5.06. The predicted octanol–water partition coefficient (Wildman–Crippen LogP) is 2.47. The molecule has 1 saturated heterocycles. The number of nitrogens with one attached hydrogen (secondary N) is 1. The van der Waals surface area contributed by atoms with Gasteiger partial charge in [0.15, 0.2) is 5.79 Å². The Hall–Kier alpha value is -2.19. The van der Waals surface area contributed by atoms with Crippen molar-refractivity contribution in [3.63, 3.8) is 0 Å². The molecule has 8 nitrogen and oxygen atoms in total. The first-order valence-electron chi connectivity index (χ1n) is 8.17. The van der Waals surface area contributed by atoms with E-state index in [1.54, 1.807) is 12.3 Å². The van der Waals surface area contributed by atoms with Crippen molar-refractivity contribution in [1.29, 1.82) is 0 Å². The predicted molar refractivity (Wildman–Crippen MR) is 86.2 cm³/mol. The third-order valence-corrected chi connectivity index (χ3v) is 5.06. The Morgan fingerprint density at radius 1 is 1.38 bits per heavy atom. The highest BCUT2D eigenvalue weighted by atomic mass is 16.7. The topological polar surface area (TPSA) is 101 Å². The summed E-state index contributed by atoms with van der Waals surface area (Å²) in [5, 5.41) is 17.5. The van der Waals surface area contributed by atoms with E-state index < -0.39 is 6.09 Å². The molecule has 1 saturated carbocycles. The molecular weight excluding hydrogens is 312 g/mol. The molecule has 0 unspecified atom stereocenters. The number of nitrogens with zero attached hydrogens (tertiary/aromatic N) is 3. The van der Waals surface area contributed by atoms with E-state index in [0.29, 0.717) is 24.9 Å². The van der Waals surface area contributed by atoms with Crippen LogP contribution in [0, 0.1) is 0 Å². The van der Waals surface area contributed by atoms with Crippen molar-refractivity contribution in [3.8, 4) is 0 Å². The minimum absolute atomic E-state index is 0.332. The van der Waals surface area contributed by atoms with Crippen LogP contribution in [0.1, 0.15) is 37.3 Å². The van der Waals surface area contributed by atoms with Crippen molar-refractivity contribution >= 4 is 22.8 Å². The van der Waals surface area contributed by atoms with Crippen LogP contribution in [-0.2, 0) is 9.47 Å². The first kappa shape index (κ1) is 15.3. The van der Waals surface area contributed by atoms with Crippen LogP contribution in [0.4, 0.5) is 10.6 Å². The smallest absolute Gasteiger partial charge is 0.412 e. The molecule has 0 bridgehead atoms. The standard InChI is InChI=1S/C16H20N4O4/c1-20(15(21)22)13-8-11-12(9-17-13)18-19-14(11)10-2-4-16(5-3-10)23-6-7-24-16/h8-10H,2-7H2,1H3,(H,18,19)(H,21,22). The Kier molecular flexibility index (Phi) is 3.65. The van der Waals surface area contributed by atoms with Gasteiger partial charge in [0.25, 0.3) is 0 Å². The van der Waals surface area contributed by atoms with Gasteiger partial charge in [-0.05, 0) is 18.9 Å². The van der Waals surface area contributed by atoms with E-state index in [1.807, 2.05) is 0 Å². The Morgan fingerprint density at radius 2 is 2.08 bits per heavy atom. The van der Waals surface area contributed by atoms with Gasteiger partial charge >= 0.3 is 6.09 Å². The highest BCUT2D eigenvalue weighted by molar-refractivity contribution is 5.89. The first-order chi connectivity index (χ1) is 11.6. The van der Waals surface area contributed by atoms with Gasteiger partial charge in [0.05, 0.1) is 19.4 Å². The van der Waals surface area contributed by atoms with Crippen LogP contribution in [-0.4, -0.2) is 52.4 Å². The summed E-state index contributed by atoms with van der Waals surface area (Å²) in [7, 11) is 1.48. The lowest BCUT2D eigenvalue weighted by Crippen LogP contribution is -2.34. The molecule has 1 aliphatic carbocycles. The summed E-state index contributed by atoms with van der Waals surface area (Å²) in [6.07, 6.45) is 4.20. The zero-order chi connectivity index (χ0) is 16.7. The number of aromatic amines is 1. The number of hydrogen-bond donors (Lipinski definition) is 2. The lowest BCUT2D eigenvalue weighted by molar-refractivity contribution is -0.178. The van der Waals surface area contributed by atoms with Crippen molar-refractivity contribution in [2.45, 2.75) is 37.4 Å². The van der Waals surface area contributed by atoms with Gasteiger partial charge in [-0.3, -0.25) is 10.00 Å². The molecule has 24 heavy (non-hydrogen) atoms. The van der Waals surface area contributed by atoms with Gasteiger partial charge in [-0.2, -0.15) is 5.10 Å². The fraction of sp³-hybridized carbons (Fsp3) is 0.562. The number of aromatic nitrogens is 3. The molecule has 3 heterocycles. The quantitative estimate of drug-likeness (QED) is 0.876. The Labute approximate surface area is 138 Å². The summed E-state index contributed by atoms with van der Waals surface area (Å²) >= 11 is 0. The van der Waals surface area contributed by atoms with Crippen molar-refractivity contribution in [3.05, 3.63) is 18.0 Å². The molecule has 1 spiro atoms. The van der Waals surface area contributed by atoms with Crippen molar-refractivity contribution in [2.75, 3.05) is 25.2 Å². The second kappa shape index (κ2) is 5.71. The van der Waals surface area contributed by atoms with Crippen molar-refractivity contribution in [2.24, 2.45) is 0 Å². The summed E-state index contributed by atoms with van der Waals surface area (Å²) in [6, 6.07) is 1.79. The van der Waals surface area contributed by atoms with E-state index in [0.717, 1.165) is 47.2 Å². The molecule has 0 atom stereocenters. The number of pyridine rings is 1. The van der Waals surface area contributed by atoms with Gasteiger partial charge in [0.1, 0.15) is 11.3 Å². The molecule has 4 rings (SSSR count). The summed E-state index contributed by atoms with van der Waals surface area (Å²) in [5.74, 6) is 0.342. The molecule has 2 aromatic rings. The fourth-order valence-corrected chi connectivity index (χ4v) is 3.65. The number of carbonyl (C=O) groups is 1. The Bertz CT molecular complexity index is 759. The van der Waals surface area contributed by atoms with E-state index in [1.165, 1.54) is 7.05 Å². The number of H-pyrrole nitrogens is 1. The average molecular weight is 332 g/mol. The van der Waals surface area contributed by atoms with E-state index in [4.69, 9.17) is 14.6 Å². The second-order valence-corrected chi connectivity index (χ2v) is 6.42. The molecule has 1 amide bonds. The van der Waals surface area contributed by atoms with Gasteiger partial charge in [0, 0.05) is 36.9 Å². The maximum Gasteiger partial charge on any atom is 0.412 e. The van der Waals surface area contributed by atoms with E-state index in [9.17, 15) is 4.79 Å². The van der Waals surface area contributed by atoms with Gasteiger partial charge in [0.2, 0.25) is 0 Å². The summed E-state index contributed by atoms with van der Waals surface area (Å²) in [5.41, 5.74) is 1.79. The van der Waals surface area contributed by atoms with E-state index in [2.05, 4.69) is 15.2 Å². The number of amides is 1. The van der Waals surface area contributed by atoms with Crippen LogP contribution < -0.4 is 4.90 Å². The largest absolute Gasteiger partial charge is 0.465 e. The first-order valence-corrected chi connectivity index (χ1v) is 8.17. The number of ether oxygens (including phenoxy) is 2. The lowest BCUT2D eigenvalue weighted by atomic mass is 9.82. The summed E-state index contributed by atoms with van der Waals surface area (Å²) < 4.78 is 11.6. The van der Waals surface area contributed by atoms with Crippen LogP contribution in [0.25, 0.3) is 10.9 Å². The minimum atomic E-state index is -1.04. The van der Waals surface area contributed by atoms with Crippen molar-refractivity contribution in [1.82, 2.24) is 15.2 Å². The SMILES string of the molecule is CN(C(=O)O)c1cc2c(C3CCC4(CC3)OCCO4)[nH]nc2cn1. The van der Waals surface area contributed by atoms with E-state index in [-0.39, 0.29) is 5.79 Å². The molecule has 0 radical (unpaired) electrons. The van der Waals surface area contributed by atoms with Gasteiger partial charge < -0.3 is 14.6 Å². The molecule has 0 aromatic carbocycles. The zero-order valence-corrected chi connectivity index (χ0v) is 13.5. The van der Waals surface area contributed by atoms with Crippen LogP contribution in [0.15, 0.2) is 12.3 Å². The van der Waals surface area contributed by atoms with Crippen LogP contribution in [0.3, 0.4) is 0 Å². The minimum Gasteiger partial charge on any atom is -0.465 e. The number of hydrogen-bond acceptors (Lipinski definition) is 5. The molecule has 8 heteroatoms. The monoisotopic (exact) mass is 332 g/mol.